The lowest BCUT2D eigenvalue weighted by atomic mass is 10.4. The molecule has 1 aromatic rings. The van der Waals surface area contributed by atoms with Gasteiger partial charge in [-0.05, 0) is 48.1 Å². The second-order valence-electron chi connectivity index (χ2n) is 3.62. The fourth-order valence-corrected chi connectivity index (χ4v) is 3.73. The zero-order valence-electron chi connectivity index (χ0n) is 9.50. The highest BCUT2D eigenvalue weighted by Gasteiger charge is 2.18. The molecule has 0 saturated carbocycles. The summed E-state index contributed by atoms with van der Waals surface area (Å²) in [5.41, 5.74) is 0. The molecule has 17 heavy (non-hydrogen) atoms. The topological polar surface area (TPSA) is 58.2 Å². The van der Waals surface area contributed by atoms with Crippen LogP contribution in [0.4, 0.5) is 0 Å². The number of benzene rings is 1. The van der Waals surface area contributed by atoms with Crippen LogP contribution in [0.2, 0.25) is 0 Å². The molecule has 1 aromatic carbocycles. The highest BCUT2D eigenvalue weighted by atomic mass is 79.9. The van der Waals surface area contributed by atoms with Crippen molar-refractivity contribution in [3.8, 4) is 0 Å². The SMILES string of the molecule is CNC(C)CNS(=O)(=O)c1cc(Br)ccc1Br. The molecule has 0 aliphatic carbocycles. The first-order chi connectivity index (χ1) is 7.86. The Morgan fingerprint density at radius 3 is 2.59 bits per heavy atom. The van der Waals surface area contributed by atoms with E-state index >= 15 is 0 Å². The Bertz CT molecular complexity index is 491. The molecule has 0 spiro atoms. The predicted molar refractivity (Wildman–Crippen MR) is 75.6 cm³/mol. The second kappa shape index (κ2) is 6.29. The molecule has 7 heteroatoms. The van der Waals surface area contributed by atoms with Gasteiger partial charge < -0.3 is 5.32 Å². The molecule has 2 N–H and O–H groups in total. The Balaban J connectivity index is 2.93. The first kappa shape index (κ1) is 15.1. The van der Waals surface area contributed by atoms with Crippen molar-refractivity contribution >= 4 is 41.9 Å². The maximum absolute atomic E-state index is 12.0. The van der Waals surface area contributed by atoms with E-state index in [2.05, 4.69) is 41.9 Å². The van der Waals surface area contributed by atoms with Gasteiger partial charge in [0, 0.05) is 21.5 Å². The molecule has 0 saturated heterocycles. The van der Waals surface area contributed by atoms with E-state index in [9.17, 15) is 8.42 Å². The van der Waals surface area contributed by atoms with Crippen molar-refractivity contribution in [2.75, 3.05) is 13.6 Å². The minimum Gasteiger partial charge on any atom is -0.316 e. The Labute approximate surface area is 118 Å². The quantitative estimate of drug-likeness (QED) is 0.815. The van der Waals surface area contributed by atoms with E-state index in [-0.39, 0.29) is 10.9 Å². The summed E-state index contributed by atoms with van der Waals surface area (Å²) in [4.78, 5) is 0.232. The molecule has 0 aliphatic heterocycles. The highest BCUT2D eigenvalue weighted by molar-refractivity contribution is 9.11. The van der Waals surface area contributed by atoms with Gasteiger partial charge in [0.15, 0.2) is 0 Å². The van der Waals surface area contributed by atoms with Crippen molar-refractivity contribution < 1.29 is 8.42 Å². The lowest BCUT2D eigenvalue weighted by Gasteiger charge is -2.13. The first-order valence-electron chi connectivity index (χ1n) is 4.99. The molecule has 0 radical (unpaired) electrons. The van der Waals surface area contributed by atoms with Gasteiger partial charge in [-0.3, -0.25) is 0 Å². The van der Waals surface area contributed by atoms with Crippen molar-refractivity contribution in [1.82, 2.24) is 10.0 Å². The van der Waals surface area contributed by atoms with Gasteiger partial charge in [-0.1, -0.05) is 15.9 Å². The average Bonchev–Trinajstić information content (AvgIpc) is 2.29. The minimum atomic E-state index is -3.49. The summed E-state index contributed by atoms with van der Waals surface area (Å²) in [5.74, 6) is 0. The third kappa shape index (κ3) is 4.33. The van der Waals surface area contributed by atoms with Crippen LogP contribution in [0, 0.1) is 0 Å². The molecule has 0 bridgehead atoms. The molecule has 1 rings (SSSR count). The second-order valence-corrected chi connectivity index (χ2v) is 7.12. The van der Waals surface area contributed by atoms with Crippen LogP contribution >= 0.6 is 31.9 Å². The largest absolute Gasteiger partial charge is 0.316 e. The van der Waals surface area contributed by atoms with Crippen LogP contribution in [-0.4, -0.2) is 28.1 Å². The van der Waals surface area contributed by atoms with Crippen LogP contribution in [-0.2, 0) is 10.0 Å². The van der Waals surface area contributed by atoms with Gasteiger partial charge in [-0.15, -0.1) is 0 Å². The van der Waals surface area contributed by atoms with E-state index in [4.69, 9.17) is 0 Å². The van der Waals surface area contributed by atoms with E-state index < -0.39 is 10.0 Å². The molecule has 0 fully saturated rings. The smallest absolute Gasteiger partial charge is 0.241 e. The number of nitrogens with one attached hydrogen (secondary N) is 2. The summed E-state index contributed by atoms with van der Waals surface area (Å²) >= 11 is 6.49. The molecule has 0 aromatic heterocycles. The van der Waals surface area contributed by atoms with Crippen LogP contribution in [0.5, 0.6) is 0 Å². The van der Waals surface area contributed by atoms with Gasteiger partial charge >= 0.3 is 0 Å². The summed E-state index contributed by atoms with van der Waals surface area (Å²) in [6.45, 7) is 2.25. The van der Waals surface area contributed by atoms with Crippen molar-refractivity contribution in [3.05, 3.63) is 27.1 Å². The van der Waals surface area contributed by atoms with Crippen molar-refractivity contribution in [2.24, 2.45) is 0 Å². The molecule has 1 unspecified atom stereocenters. The van der Waals surface area contributed by atoms with E-state index in [1.54, 1.807) is 25.2 Å². The third-order valence-corrected chi connectivity index (χ3v) is 5.17. The van der Waals surface area contributed by atoms with Gasteiger partial charge in [0.1, 0.15) is 0 Å². The van der Waals surface area contributed by atoms with Gasteiger partial charge in [0.05, 0.1) is 4.90 Å². The van der Waals surface area contributed by atoms with Gasteiger partial charge in [-0.2, -0.15) is 0 Å². The number of hydrogen-bond donors (Lipinski definition) is 2. The number of likely N-dealkylation sites (N-methyl/N-ethyl adjacent to an activating group) is 1. The fraction of sp³-hybridized carbons (Fsp3) is 0.400. The standard InChI is InChI=1S/C10H14Br2N2O2S/c1-7(13-2)6-14-17(15,16)10-5-8(11)3-4-9(10)12/h3-5,7,13-14H,6H2,1-2H3. The lowest BCUT2D eigenvalue weighted by molar-refractivity contribution is 0.554. The minimum absolute atomic E-state index is 0.0794. The van der Waals surface area contributed by atoms with Crippen LogP contribution in [0.3, 0.4) is 0 Å². The molecule has 4 nitrogen and oxygen atoms in total. The number of sulfonamides is 1. The third-order valence-electron chi connectivity index (χ3n) is 2.26. The Hall–Kier alpha value is 0.0500. The van der Waals surface area contributed by atoms with E-state index in [1.807, 2.05) is 6.92 Å². The van der Waals surface area contributed by atoms with Crippen LogP contribution in [0.1, 0.15) is 6.92 Å². The molecule has 96 valence electrons. The predicted octanol–water partition coefficient (Wildman–Crippen LogP) is 2.10. The summed E-state index contributed by atoms with van der Waals surface area (Å²) < 4.78 is 27.9. The van der Waals surface area contributed by atoms with Crippen molar-refractivity contribution in [1.29, 1.82) is 0 Å². The molecule has 1 atom stereocenters. The zero-order chi connectivity index (χ0) is 13.1. The molecule has 0 amide bonds. The highest BCUT2D eigenvalue weighted by Crippen LogP contribution is 2.25. The normalized spacial score (nSPS) is 13.6. The summed E-state index contributed by atoms with van der Waals surface area (Å²) in [5, 5.41) is 2.97. The Kier molecular flexibility index (Phi) is 5.59. The Morgan fingerprint density at radius 2 is 2.00 bits per heavy atom. The van der Waals surface area contributed by atoms with Crippen LogP contribution in [0.15, 0.2) is 32.0 Å². The van der Waals surface area contributed by atoms with Crippen LogP contribution in [0.25, 0.3) is 0 Å². The molecule has 0 aliphatic rings. The molecular formula is C10H14Br2N2O2S. The molecule has 0 heterocycles. The average molecular weight is 386 g/mol. The van der Waals surface area contributed by atoms with Gasteiger partial charge in [0.25, 0.3) is 0 Å². The van der Waals surface area contributed by atoms with Crippen molar-refractivity contribution in [3.63, 3.8) is 0 Å². The zero-order valence-corrected chi connectivity index (χ0v) is 13.5. The van der Waals surface area contributed by atoms with Gasteiger partial charge in [-0.25, -0.2) is 13.1 Å². The maximum Gasteiger partial charge on any atom is 0.241 e. The Morgan fingerprint density at radius 1 is 1.35 bits per heavy atom. The maximum atomic E-state index is 12.0. The summed E-state index contributed by atoms with van der Waals surface area (Å²) in [7, 11) is -1.70. The lowest BCUT2D eigenvalue weighted by Crippen LogP contribution is -2.37. The fourth-order valence-electron chi connectivity index (χ4n) is 1.10. The van der Waals surface area contributed by atoms with Crippen LogP contribution < -0.4 is 10.0 Å². The first-order valence-corrected chi connectivity index (χ1v) is 8.05. The van der Waals surface area contributed by atoms with E-state index in [1.165, 1.54) is 0 Å². The monoisotopic (exact) mass is 384 g/mol. The van der Waals surface area contributed by atoms with E-state index in [0.29, 0.717) is 11.0 Å². The van der Waals surface area contributed by atoms with E-state index in [0.717, 1.165) is 4.47 Å². The number of rotatable bonds is 5. The van der Waals surface area contributed by atoms with Gasteiger partial charge in [0.2, 0.25) is 10.0 Å². The number of hydrogen-bond acceptors (Lipinski definition) is 3. The number of halogens is 2. The summed E-state index contributed by atoms with van der Waals surface area (Å²) in [6.07, 6.45) is 0. The molecular weight excluding hydrogens is 372 g/mol. The summed E-state index contributed by atoms with van der Waals surface area (Å²) in [6, 6.07) is 5.12. The van der Waals surface area contributed by atoms with Crippen molar-refractivity contribution in [2.45, 2.75) is 17.9 Å².